The van der Waals surface area contributed by atoms with Crippen molar-refractivity contribution in [3.05, 3.63) is 6.92 Å². The third-order valence-corrected chi connectivity index (χ3v) is 0.965. The molecule has 64 valence electrons. The van der Waals surface area contributed by atoms with E-state index < -0.39 is 0 Å². The van der Waals surface area contributed by atoms with Crippen molar-refractivity contribution in [3.8, 4) is 0 Å². The van der Waals surface area contributed by atoms with Crippen LogP contribution >= 0.6 is 17.0 Å². The summed E-state index contributed by atoms with van der Waals surface area (Å²) in [6, 6.07) is 0. The number of hydrogen-bond acceptors (Lipinski definition) is 2. The standard InChI is InChI=1S/C7H13O2.BrH.Zn/c1-3-5-6-9-7(8)4-2;;/h2-6H2,1H3;1H;/q-1;;. The van der Waals surface area contributed by atoms with Crippen LogP contribution in [0.4, 0.5) is 0 Å². The zero-order valence-corrected chi connectivity index (χ0v) is 11.6. The fourth-order valence-corrected chi connectivity index (χ4v) is 0.403. The molecule has 2 nitrogen and oxygen atoms in total. The molecule has 0 atom stereocenters. The quantitative estimate of drug-likeness (QED) is 0.340. The van der Waals surface area contributed by atoms with Crippen molar-refractivity contribution in [3.63, 3.8) is 0 Å². The van der Waals surface area contributed by atoms with Gasteiger partial charge >= 0.3 is 0 Å². The van der Waals surface area contributed by atoms with Gasteiger partial charge in [0.15, 0.2) is 0 Å². The summed E-state index contributed by atoms with van der Waals surface area (Å²) in [4.78, 5) is 10.4. The molecule has 0 heterocycles. The number of hydrogen-bond donors (Lipinski definition) is 0. The van der Waals surface area contributed by atoms with Gasteiger partial charge in [0.05, 0.1) is 6.61 Å². The molecule has 0 aromatic carbocycles. The molecule has 0 aliphatic heterocycles. The third-order valence-electron chi connectivity index (χ3n) is 0.965. The predicted octanol–water partition coefficient (Wildman–Crippen LogP) is 2.13. The molecule has 0 aliphatic rings. The summed E-state index contributed by atoms with van der Waals surface area (Å²) in [6.45, 7) is 5.99. The number of esters is 1. The smallest absolute Gasteiger partial charge is 0.275 e. The minimum Gasteiger partial charge on any atom is -0.468 e. The van der Waals surface area contributed by atoms with Gasteiger partial charge in [0.1, 0.15) is 0 Å². The van der Waals surface area contributed by atoms with Crippen molar-refractivity contribution in [2.24, 2.45) is 0 Å². The van der Waals surface area contributed by atoms with E-state index in [1.54, 1.807) is 0 Å². The fraction of sp³-hybridized carbons (Fsp3) is 0.714. The number of carbonyl (C=O) groups excluding carboxylic acids is 1. The van der Waals surface area contributed by atoms with E-state index in [0.717, 1.165) is 12.8 Å². The van der Waals surface area contributed by atoms with Crippen molar-refractivity contribution in [2.45, 2.75) is 26.2 Å². The van der Waals surface area contributed by atoms with Crippen LogP contribution in [0.3, 0.4) is 0 Å². The van der Waals surface area contributed by atoms with E-state index in [-0.39, 0.29) is 48.8 Å². The molecule has 0 radical (unpaired) electrons. The van der Waals surface area contributed by atoms with Gasteiger partial charge in [0, 0.05) is 19.5 Å². The summed E-state index contributed by atoms with van der Waals surface area (Å²) in [6.07, 6.45) is 2.25. The first-order valence-electron chi connectivity index (χ1n) is 3.26. The minimum atomic E-state index is -0.205. The predicted molar refractivity (Wildman–Crippen MR) is 46.2 cm³/mol. The first-order chi connectivity index (χ1) is 4.31. The fourth-order valence-electron chi connectivity index (χ4n) is 0.403. The minimum absolute atomic E-state index is 0. The van der Waals surface area contributed by atoms with Gasteiger partial charge in [0.25, 0.3) is 5.97 Å². The molecule has 0 aliphatic carbocycles. The van der Waals surface area contributed by atoms with Crippen LogP contribution in [-0.4, -0.2) is 12.6 Å². The summed E-state index contributed by atoms with van der Waals surface area (Å²) in [7, 11) is 0. The average molecular weight is 275 g/mol. The Morgan fingerprint density at radius 2 is 2.09 bits per heavy atom. The van der Waals surface area contributed by atoms with E-state index in [0.29, 0.717) is 6.61 Å². The Morgan fingerprint density at radius 3 is 2.45 bits per heavy atom. The monoisotopic (exact) mass is 273 g/mol. The summed E-state index contributed by atoms with van der Waals surface area (Å²) < 4.78 is 4.73. The molecule has 0 saturated carbocycles. The van der Waals surface area contributed by atoms with Crippen molar-refractivity contribution in [2.75, 3.05) is 6.61 Å². The maximum absolute atomic E-state index is 10.4. The van der Waals surface area contributed by atoms with E-state index in [9.17, 15) is 4.79 Å². The topological polar surface area (TPSA) is 26.3 Å². The Hall–Kier alpha value is 0.573. The van der Waals surface area contributed by atoms with Crippen molar-refractivity contribution < 1.29 is 29.0 Å². The Kier molecular flexibility index (Phi) is 21.1. The molecule has 11 heavy (non-hydrogen) atoms. The summed E-state index contributed by atoms with van der Waals surface area (Å²) >= 11 is 0. The Labute approximate surface area is 91.6 Å². The molecule has 0 aromatic rings. The zero-order chi connectivity index (χ0) is 7.11. The maximum atomic E-state index is 10.4. The first kappa shape index (κ1) is 17.6. The van der Waals surface area contributed by atoms with Crippen molar-refractivity contribution in [1.82, 2.24) is 0 Å². The Morgan fingerprint density at radius 1 is 1.55 bits per heavy atom. The van der Waals surface area contributed by atoms with E-state index in [1.165, 1.54) is 0 Å². The van der Waals surface area contributed by atoms with Gasteiger partial charge in [-0.2, -0.15) is 0 Å². The number of halogens is 1. The van der Waals surface area contributed by atoms with Gasteiger partial charge in [-0.3, -0.25) is 4.79 Å². The molecule has 0 aromatic heterocycles. The van der Waals surface area contributed by atoms with Crippen LogP contribution in [0, 0.1) is 6.92 Å². The van der Waals surface area contributed by atoms with Crippen LogP contribution in [0.2, 0.25) is 0 Å². The van der Waals surface area contributed by atoms with Crippen LogP contribution in [0.15, 0.2) is 0 Å². The second-order valence-corrected chi connectivity index (χ2v) is 1.82. The van der Waals surface area contributed by atoms with E-state index in [4.69, 9.17) is 4.74 Å². The zero-order valence-electron chi connectivity index (χ0n) is 6.97. The van der Waals surface area contributed by atoms with E-state index >= 15 is 0 Å². The molecule has 0 saturated heterocycles. The molecular weight excluding hydrogens is 261 g/mol. The molecule has 0 bridgehead atoms. The van der Waals surface area contributed by atoms with Crippen LogP contribution in [0.1, 0.15) is 26.2 Å². The van der Waals surface area contributed by atoms with Gasteiger partial charge in [-0.25, -0.2) is 0 Å². The molecule has 4 heteroatoms. The largest absolute Gasteiger partial charge is 0.468 e. The van der Waals surface area contributed by atoms with E-state index in [2.05, 4.69) is 13.8 Å². The normalized spacial score (nSPS) is 7.45. The van der Waals surface area contributed by atoms with Crippen LogP contribution in [0.5, 0.6) is 0 Å². The number of rotatable bonds is 4. The number of carbonyl (C=O) groups is 1. The molecular formula is C7H14BrO2Zn-. The van der Waals surface area contributed by atoms with Gasteiger partial charge in [-0.1, -0.05) is 19.8 Å². The van der Waals surface area contributed by atoms with Crippen molar-refractivity contribution in [1.29, 1.82) is 0 Å². The van der Waals surface area contributed by atoms with Gasteiger partial charge in [-0.15, -0.1) is 17.0 Å². The maximum Gasteiger partial charge on any atom is 0.275 e. The molecule has 0 spiro atoms. The second-order valence-electron chi connectivity index (χ2n) is 1.82. The summed E-state index contributed by atoms with van der Waals surface area (Å²) in [5, 5.41) is 0. The molecule has 0 N–H and O–H groups in total. The van der Waals surface area contributed by atoms with Crippen molar-refractivity contribution >= 4 is 23.0 Å². The summed E-state index contributed by atoms with van der Waals surface area (Å²) in [5.74, 6) is -0.205. The molecule has 0 rings (SSSR count). The number of ether oxygens (including phenoxy) is 1. The second kappa shape index (κ2) is 13.2. The van der Waals surface area contributed by atoms with Gasteiger partial charge in [0.2, 0.25) is 0 Å². The third kappa shape index (κ3) is 13.5. The Balaban J connectivity index is -0.000000320. The average Bonchev–Trinajstić information content (AvgIpc) is 1.89. The van der Waals surface area contributed by atoms with Crippen LogP contribution in [-0.2, 0) is 29.0 Å². The molecule has 0 fully saturated rings. The summed E-state index contributed by atoms with van der Waals surface area (Å²) in [5.41, 5.74) is 0. The first-order valence-corrected chi connectivity index (χ1v) is 3.26. The van der Waals surface area contributed by atoms with Gasteiger partial charge < -0.3 is 11.7 Å². The van der Waals surface area contributed by atoms with Gasteiger partial charge in [-0.05, 0) is 6.42 Å². The van der Waals surface area contributed by atoms with Crippen LogP contribution < -0.4 is 0 Å². The van der Waals surface area contributed by atoms with Crippen LogP contribution in [0.25, 0.3) is 0 Å². The number of unbranched alkanes of at least 4 members (excludes halogenated alkanes) is 1. The van der Waals surface area contributed by atoms with E-state index in [1.807, 2.05) is 0 Å². The SMILES string of the molecule is Br.[CH2-]CC(=O)OCCCC.[Zn]. The molecule has 0 unspecified atom stereocenters. The Bertz CT molecular complexity index is 88.5. The molecule has 0 amide bonds.